The first-order valence-corrected chi connectivity index (χ1v) is 8.32. The maximum Gasteiger partial charge on any atom is 0.174 e. The van der Waals surface area contributed by atoms with E-state index in [0.717, 1.165) is 0 Å². The predicted molar refractivity (Wildman–Crippen MR) is 91.2 cm³/mol. The maximum atomic E-state index is 13.2. The van der Waals surface area contributed by atoms with Gasteiger partial charge in [-0.2, -0.15) is 0 Å². The molecule has 24 heavy (non-hydrogen) atoms. The van der Waals surface area contributed by atoms with Crippen LogP contribution in [-0.4, -0.2) is 30.9 Å². The molecule has 6 heteroatoms. The number of aromatic hydroxyl groups is 1. The minimum absolute atomic E-state index is 0.0260. The van der Waals surface area contributed by atoms with Crippen LogP contribution in [0.2, 0.25) is 5.02 Å². The van der Waals surface area contributed by atoms with Crippen molar-refractivity contribution in [3.05, 3.63) is 16.7 Å². The van der Waals surface area contributed by atoms with E-state index in [9.17, 15) is 14.7 Å². The summed E-state index contributed by atoms with van der Waals surface area (Å²) in [5, 5.41) is 10.4. The van der Waals surface area contributed by atoms with Gasteiger partial charge in [0.05, 0.1) is 14.2 Å². The Balaban J connectivity index is 2.53. The van der Waals surface area contributed by atoms with Crippen LogP contribution in [0, 0.1) is 23.7 Å². The van der Waals surface area contributed by atoms with E-state index in [-0.39, 0.29) is 63.1 Å². The Bertz CT molecular complexity index is 670. The molecule has 5 nitrogen and oxygen atoms in total. The average molecular weight is 355 g/mol. The van der Waals surface area contributed by atoms with Crippen LogP contribution in [0.25, 0.3) is 0 Å². The molecule has 0 saturated heterocycles. The molecule has 0 amide bonds. The Morgan fingerprint density at radius 1 is 1.21 bits per heavy atom. The lowest BCUT2D eigenvalue weighted by atomic mass is 9.65. The van der Waals surface area contributed by atoms with Gasteiger partial charge in [0.1, 0.15) is 27.9 Å². The predicted octanol–water partition coefficient (Wildman–Crippen LogP) is 3.74. The zero-order valence-corrected chi connectivity index (χ0v) is 15.3. The number of hydrogen-bond acceptors (Lipinski definition) is 5. The summed E-state index contributed by atoms with van der Waals surface area (Å²) in [5.41, 5.74) is 0.0496. The van der Waals surface area contributed by atoms with Gasteiger partial charge in [0.25, 0.3) is 0 Å². The number of halogens is 1. The molecule has 0 spiro atoms. The van der Waals surface area contributed by atoms with E-state index < -0.39 is 0 Å². The van der Waals surface area contributed by atoms with E-state index in [1.165, 1.54) is 20.3 Å². The summed E-state index contributed by atoms with van der Waals surface area (Å²) >= 11 is 6.10. The highest BCUT2D eigenvalue weighted by Gasteiger charge is 2.43. The van der Waals surface area contributed by atoms with Crippen LogP contribution < -0.4 is 9.47 Å². The Morgan fingerprint density at radius 2 is 1.79 bits per heavy atom. The molecule has 0 radical (unpaired) electrons. The third-order valence-electron chi connectivity index (χ3n) is 5.16. The summed E-state index contributed by atoms with van der Waals surface area (Å²) in [4.78, 5) is 25.2. The van der Waals surface area contributed by atoms with E-state index >= 15 is 0 Å². The van der Waals surface area contributed by atoms with Crippen LogP contribution >= 0.6 is 11.6 Å². The van der Waals surface area contributed by atoms with Gasteiger partial charge in [-0.1, -0.05) is 32.4 Å². The number of methoxy groups -OCH3 is 2. The van der Waals surface area contributed by atoms with Crippen LogP contribution in [0.5, 0.6) is 17.2 Å². The van der Waals surface area contributed by atoms with Crippen molar-refractivity contribution in [1.29, 1.82) is 0 Å². The van der Waals surface area contributed by atoms with Gasteiger partial charge in [-0.3, -0.25) is 9.59 Å². The second kappa shape index (κ2) is 7.01. The highest BCUT2D eigenvalue weighted by Crippen LogP contribution is 2.46. The summed E-state index contributed by atoms with van der Waals surface area (Å²) < 4.78 is 10.4. The fourth-order valence-corrected chi connectivity index (χ4v) is 3.79. The number of hydrogen-bond donors (Lipinski definition) is 1. The number of phenolic OH excluding ortho intramolecular Hbond substituents is 1. The van der Waals surface area contributed by atoms with Crippen molar-refractivity contribution in [1.82, 2.24) is 0 Å². The van der Waals surface area contributed by atoms with Gasteiger partial charge in [0.2, 0.25) is 0 Å². The normalized spacial score (nSPS) is 27.0. The minimum atomic E-state index is -0.387. The van der Waals surface area contributed by atoms with Crippen LogP contribution in [0.3, 0.4) is 0 Å². The number of benzene rings is 1. The lowest BCUT2D eigenvalue weighted by Crippen LogP contribution is -2.41. The van der Waals surface area contributed by atoms with Crippen molar-refractivity contribution in [2.24, 2.45) is 23.7 Å². The Morgan fingerprint density at radius 3 is 2.33 bits per heavy atom. The molecule has 0 aromatic heterocycles. The van der Waals surface area contributed by atoms with Crippen LogP contribution in [0.4, 0.5) is 0 Å². The SMILES string of the molecule is COc1cc(OC)c(C(=O)C2C(C)CC(=O)C(C)C2C)c(O)c1Cl. The monoisotopic (exact) mass is 354 g/mol. The molecule has 1 aliphatic carbocycles. The molecule has 1 aromatic carbocycles. The second-order valence-corrected chi connectivity index (χ2v) is 6.88. The van der Waals surface area contributed by atoms with Gasteiger partial charge in [0, 0.05) is 24.3 Å². The number of carbonyl (C=O) groups is 2. The minimum Gasteiger partial charge on any atom is -0.505 e. The highest BCUT2D eigenvalue weighted by molar-refractivity contribution is 6.34. The molecule has 132 valence electrons. The van der Waals surface area contributed by atoms with Crippen molar-refractivity contribution < 1.29 is 24.2 Å². The van der Waals surface area contributed by atoms with E-state index in [1.54, 1.807) is 0 Å². The Hall–Kier alpha value is -1.75. The fraction of sp³-hybridized carbons (Fsp3) is 0.556. The number of Topliss-reactive ketones (excluding diaryl/α,β-unsaturated/α-hetero) is 2. The van der Waals surface area contributed by atoms with E-state index in [0.29, 0.717) is 6.42 Å². The third-order valence-corrected chi connectivity index (χ3v) is 5.52. The molecule has 0 bridgehead atoms. The number of rotatable bonds is 4. The molecule has 1 N–H and O–H groups in total. The van der Waals surface area contributed by atoms with Crippen molar-refractivity contribution in [3.8, 4) is 17.2 Å². The van der Waals surface area contributed by atoms with Crippen molar-refractivity contribution in [3.63, 3.8) is 0 Å². The number of carbonyl (C=O) groups excluding carboxylic acids is 2. The van der Waals surface area contributed by atoms with E-state index in [4.69, 9.17) is 21.1 Å². The highest BCUT2D eigenvalue weighted by atomic mass is 35.5. The smallest absolute Gasteiger partial charge is 0.174 e. The first-order valence-electron chi connectivity index (χ1n) is 7.94. The molecule has 4 unspecified atom stereocenters. The largest absolute Gasteiger partial charge is 0.505 e. The summed E-state index contributed by atoms with van der Waals surface area (Å²) in [6, 6.07) is 1.49. The zero-order chi connectivity index (χ0) is 18.2. The average Bonchev–Trinajstić information content (AvgIpc) is 2.54. The summed E-state index contributed by atoms with van der Waals surface area (Å²) in [7, 11) is 2.83. The van der Waals surface area contributed by atoms with Crippen LogP contribution in [0.15, 0.2) is 6.07 Å². The van der Waals surface area contributed by atoms with Gasteiger partial charge in [0.15, 0.2) is 11.5 Å². The van der Waals surface area contributed by atoms with Crippen LogP contribution in [-0.2, 0) is 4.79 Å². The zero-order valence-electron chi connectivity index (χ0n) is 14.6. The molecule has 0 aliphatic heterocycles. The molecule has 2 rings (SSSR count). The van der Waals surface area contributed by atoms with Crippen molar-refractivity contribution in [2.45, 2.75) is 27.2 Å². The standard InChI is InChI=1S/C18H23ClO5/c1-8-6-11(20)9(2)10(3)14(8)17(21)15-12(23-4)7-13(24-5)16(19)18(15)22/h7-10,14,22H,6H2,1-5H3. The summed E-state index contributed by atoms with van der Waals surface area (Å²) in [6.45, 7) is 5.63. The molecule has 4 atom stereocenters. The number of phenols is 1. The second-order valence-electron chi connectivity index (χ2n) is 6.50. The van der Waals surface area contributed by atoms with Gasteiger partial charge < -0.3 is 14.6 Å². The number of ketones is 2. The van der Waals surface area contributed by atoms with Crippen molar-refractivity contribution >= 4 is 23.2 Å². The van der Waals surface area contributed by atoms with Gasteiger partial charge in [-0.15, -0.1) is 0 Å². The lowest BCUT2D eigenvalue weighted by Gasteiger charge is -2.37. The van der Waals surface area contributed by atoms with E-state index in [2.05, 4.69) is 0 Å². The lowest BCUT2D eigenvalue weighted by molar-refractivity contribution is -0.128. The number of ether oxygens (including phenoxy) is 2. The van der Waals surface area contributed by atoms with Gasteiger partial charge in [-0.25, -0.2) is 0 Å². The van der Waals surface area contributed by atoms with Crippen LogP contribution in [0.1, 0.15) is 37.6 Å². The molecular formula is C18H23ClO5. The molecule has 1 aliphatic rings. The fourth-order valence-electron chi connectivity index (χ4n) is 3.56. The molecule has 1 aromatic rings. The molecule has 1 saturated carbocycles. The molecular weight excluding hydrogens is 332 g/mol. The quantitative estimate of drug-likeness (QED) is 0.834. The van der Waals surface area contributed by atoms with Gasteiger partial charge >= 0.3 is 0 Å². The summed E-state index contributed by atoms with van der Waals surface area (Å²) in [5.74, 6) is -0.810. The van der Waals surface area contributed by atoms with Crippen molar-refractivity contribution in [2.75, 3.05) is 14.2 Å². The first kappa shape index (κ1) is 18.6. The van der Waals surface area contributed by atoms with Gasteiger partial charge in [-0.05, 0) is 11.8 Å². The third kappa shape index (κ3) is 2.97. The molecule has 0 heterocycles. The van der Waals surface area contributed by atoms with E-state index in [1.807, 2.05) is 20.8 Å². The Kier molecular flexibility index (Phi) is 5.43. The topological polar surface area (TPSA) is 72.8 Å². The maximum absolute atomic E-state index is 13.2. The molecule has 1 fully saturated rings. The Labute approximate surface area is 146 Å². The first-order chi connectivity index (χ1) is 11.2. The summed E-state index contributed by atoms with van der Waals surface area (Å²) in [6.07, 6.45) is 0.356.